The van der Waals surface area contributed by atoms with E-state index < -0.39 is 11.8 Å². The lowest BCUT2D eigenvalue weighted by Gasteiger charge is -2.21. The minimum Gasteiger partial charge on any atom is -0.444 e. The fraction of sp³-hybridized carbons (Fsp3) is 0.526. The summed E-state index contributed by atoms with van der Waals surface area (Å²) in [5, 5.41) is 2.76. The van der Waals surface area contributed by atoms with Crippen LogP contribution in [0.1, 0.15) is 45.0 Å². The third kappa shape index (κ3) is 2.91. The van der Waals surface area contributed by atoms with E-state index in [1.165, 1.54) is 0 Å². The van der Waals surface area contributed by atoms with Crippen molar-refractivity contribution < 1.29 is 19.1 Å². The third-order valence-electron chi connectivity index (χ3n) is 5.11. The fourth-order valence-corrected chi connectivity index (χ4v) is 2.96. The number of hydrogen-bond acceptors (Lipinski definition) is 5. The first-order chi connectivity index (χ1) is 12.3. The van der Waals surface area contributed by atoms with E-state index in [0.29, 0.717) is 36.0 Å². The van der Waals surface area contributed by atoms with Gasteiger partial charge in [0.25, 0.3) is 18.1 Å². The number of nitrogens with one attached hydrogen (secondary N) is 1. The van der Waals surface area contributed by atoms with Crippen LogP contribution < -0.4 is 14.8 Å². The summed E-state index contributed by atoms with van der Waals surface area (Å²) in [6.45, 7) is 10.9. The normalized spacial score (nSPS) is 23.8. The number of amides is 2. The Balaban J connectivity index is 1.80. The smallest absolute Gasteiger partial charge is 0.300 e. The summed E-state index contributed by atoms with van der Waals surface area (Å²) in [7, 11) is 0. The van der Waals surface area contributed by atoms with E-state index in [1.54, 1.807) is 30.0 Å². The average Bonchev–Trinajstić information content (AvgIpc) is 3.17. The van der Waals surface area contributed by atoms with E-state index in [4.69, 9.17) is 9.47 Å². The molecule has 3 rings (SSSR count). The predicted molar refractivity (Wildman–Crippen MR) is 97.6 cm³/mol. The Hall–Kier alpha value is -2.57. The highest BCUT2D eigenvalue weighted by Crippen LogP contribution is 2.37. The van der Waals surface area contributed by atoms with Crippen LogP contribution in [0.2, 0.25) is 0 Å². The SMILES string of the molecule is CCN(CC)C(=O)c1ccc2c(c1)OC(C1=NC(C)(C(C)C)C(=O)N1)O2. The number of amidine groups is 1. The number of ether oxygens (including phenoxy) is 2. The standard InChI is InChI=1S/C19H25N3O4/c1-6-22(7-2)16(23)12-8-9-13-14(10-12)26-17(25-13)15-20-18(24)19(5,21-15)11(3)4/h8-11,17H,6-7H2,1-5H3,(H,20,21,24). The van der Waals surface area contributed by atoms with Crippen molar-refractivity contribution in [1.82, 2.24) is 10.2 Å². The molecule has 0 saturated carbocycles. The summed E-state index contributed by atoms with van der Waals surface area (Å²) >= 11 is 0. The first kappa shape index (κ1) is 18.2. The van der Waals surface area contributed by atoms with Crippen LogP contribution in [0.15, 0.2) is 23.2 Å². The van der Waals surface area contributed by atoms with Crippen LogP contribution in [0.25, 0.3) is 0 Å². The van der Waals surface area contributed by atoms with Gasteiger partial charge in [0.15, 0.2) is 17.3 Å². The summed E-state index contributed by atoms with van der Waals surface area (Å²) < 4.78 is 11.6. The topological polar surface area (TPSA) is 80.2 Å². The average molecular weight is 359 g/mol. The van der Waals surface area contributed by atoms with E-state index in [1.807, 2.05) is 27.7 Å². The van der Waals surface area contributed by atoms with E-state index in [2.05, 4.69) is 10.3 Å². The first-order valence-electron chi connectivity index (χ1n) is 8.98. The van der Waals surface area contributed by atoms with E-state index >= 15 is 0 Å². The molecule has 1 aromatic carbocycles. The van der Waals surface area contributed by atoms with E-state index in [9.17, 15) is 9.59 Å². The Morgan fingerprint density at radius 3 is 2.50 bits per heavy atom. The number of rotatable bonds is 5. The molecule has 0 aromatic heterocycles. The van der Waals surface area contributed by atoms with Gasteiger partial charge in [0.1, 0.15) is 5.54 Å². The van der Waals surface area contributed by atoms with Gasteiger partial charge in [0, 0.05) is 18.7 Å². The second-order valence-electron chi connectivity index (χ2n) is 6.96. The lowest BCUT2D eigenvalue weighted by atomic mass is 9.89. The molecule has 0 bridgehead atoms. The van der Waals surface area contributed by atoms with Crippen LogP contribution in [0, 0.1) is 5.92 Å². The molecule has 2 amide bonds. The minimum absolute atomic E-state index is 0.0436. The van der Waals surface area contributed by atoms with Crippen LogP contribution in [-0.4, -0.2) is 47.5 Å². The van der Waals surface area contributed by atoms with Gasteiger partial charge < -0.3 is 19.7 Å². The van der Waals surface area contributed by atoms with Crippen LogP contribution in [-0.2, 0) is 4.79 Å². The molecule has 1 aromatic rings. The molecule has 7 heteroatoms. The van der Waals surface area contributed by atoms with Crippen molar-refractivity contribution in [3.05, 3.63) is 23.8 Å². The van der Waals surface area contributed by atoms with Crippen LogP contribution in [0.4, 0.5) is 0 Å². The Kier molecular flexibility index (Phi) is 4.64. The predicted octanol–water partition coefficient (Wildman–Crippen LogP) is 2.21. The number of hydrogen-bond donors (Lipinski definition) is 1. The maximum absolute atomic E-state index is 12.5. The number of fused-ring (bicyclic) bond motifs is 1. The molecule has 7 nitrogen and oxygen atoms in total. The number of aliphatic imine (C=N–C) groups is 1. The molecule has 2 atom stereocenters. The molecule has 2 aliphatic heterocycles. The zero-order valence-electron chi connectivity index (χ0n) is 15.8. The minimum atomic E-state index is -0.833. The van der Waals surface area contributed by atoms with Crippen molar-refractivity contribution in [3.8, 4) is 11.5 Å². The van der Waals surface area contributed by atoms with Gasteiger partial charge in [-0.1, -0.05) is 13.8 Å². The van der Waals surface area contributed by atoms with Crippen LogP contribution in [0.3, 0.4) is 0 Å². The summed E-state index contributed by atoms with van der Waals surface area (Å²) in [6, 6.07) is 5.11. The summed E-state index contributed by atoms with van der Waals surface area (Å²) in [5.41, 5.74) is -0.290. The Labute approximate surface area is 153 Å². The van der Waals surface area contributed by atoms with Crippen molar-refractivity contribution >= 4 is 17.6 Å². The van der Waals surface area contributed by atoms with Gasteiger partial charge in [-0.25, -0.2) is 4.99 Å². The van der Waals surface area contributed by atoms with Crippen molar-refractivity contribution in [2.75, 3.05) is 13.1 Å². The number of carbonyl (C=O) groups excluding carboxylic acids is 2. The van der Waals surface area contributed by atoms with Crippen molar-refractivity contribution in [1.29, 1.82) is 0 Å². The molecule has 26 heavy (non-hydrogen) atoms. The molecular weight excluding hydrogens is 334 g/mol. The molecule has 0 fully saturated rings. The van der Waals surface area contributed by atoms with E-state index in [0.717, 1.165) is 0 Å². The largest absolute Gasteiger partial charge is 0.444 e. The summed E-state index contributed by atoms with van der Waals surface area (Å²) in [5.74, 6) is 1.19. The molecule has 2 heterocycles. The number of carbonyl (C=O) groups is 2. The van der Waals surface area contributed by atoms with Gasteiger partial charge >= 0.3 is 0 Å². The second-order valence-corrected chi connectivity index (χ2v) is 6.96. The van der Waals surface area contributed by atoms with Crippen molar-refractivity contribution in [2.45, 2.75) is 46.4 Å². The maximum atomic E-state index is 12.5. The zero-order chi connectivity index (χ0) is 19.1. The van der Waals surface area contributed by atoms with Gasteiger partial charge in [0.05, 0.1) is 0 Å². The molecule has 0 radical (unpaired) electrons. The molecule has 2 unspecified atom stereocenters. The molecule has 2 aliphatic rings. The highest BCUT2D eigenvalue weighted by molar-refractivity contribution is 6.09. The lowest BCUT2D eigenvalue weighted by Crippen LogP contribution is -2.43. The third-order valence-corrected chi connectivity index (χ3v) is 5.11. The van der Waals surface area contributed by atoms with Crippen molar-refractivity contribution in [3.63, 3.8) is 0 Å². The monoisotopic (exact) mass is 359 g/mol. The Bertz CT molecular complexity index is 770. The van der Waals surface area contributed by atoms with Gasteiger partial charge in [-0.05, 0) is 44.9 Å². The quantitative estimate of drug-likeness (QED) is 0.874. The Morgan fingerprint density at radius 1 is 1.27 bits per heavy atom. The molecule has 1 N–H and O–H groups in total. The van der Waals surface area contributed by atoms with Gasteiger partial charge in [-0.3, -0.25) is 9.59 Å². The summed E-state index contributed by atoms with van der Waals surface area (Å²) in [6.07, 6.45) is -0.812. The second kappa shape index (κ2) is 6.63. The number of nitrogens with zero attached hydrogens (tertiary/aromatic N) is 2. The molecule has 0 spiro atoms. The lowest BCUT2D eigenvalue weighted by molar-refractivity contribution is -0.124. The maximum Gasteiger partial charge on any atom is 0.300 e. The van der Waals surface area contributed by atoms with Crippen molar-refractivity contribution in [2.24, 2.45) is 10.9 Å². The zero-order valence-corrected chi connectivity index (χ0v) is 15.8. The first-order valence-corrected chi connectivity index (χ1v) is 8.98. The van der Waals surface area contributed by atoms with Gasteiger partial charge in [0.2, 0.25) is 0 Å². The Morgan fingerprint density at radius 2 is 1.92 bits per heavy atom. The van der Waals surface area contributed by atoms with Crippen LogP contribution >= 0.6 is 0 Å². The highest BCUT2D eigenvalue weighted by Gasteiger charge is 2.45. The van der Waals surface area contributed by atoms with Gasteiger partial charge in [-0.15, -0.1) is 0 Å². The summed E-state index contributed by atoms with van der Waals surface area (Å²) in [4.78, 5) is 31.0. The fourth-order valence-electron chi connectivity index (χ4n) is 2.96. The highest BCUT2D eigenvalue weighted by atomic mass is 16.7. The molecule has 0 aliphatic carbocycles. The number of benzene rings is 1. The molecule has 0 saturated heterocycles. The van der Waals surface area contributed by atoms with Gasteiger partial charge in [-0.2, -0.15) is 0 Å². The van der Waals surface area contributed by atoms with Crippen LogP contribution in [0.5, 0.6) is 11.5 Å². The molecular formula is C19H25N3O4. The van der Waals surface area contributed by atoms with E-state index in [-0.39, 0.29) is 17.7 Å². The molecule has 140 valence electrons.